The molecule has 0 spiro atoms. The Hall–Kier alpha value is -1.84. The summed E-state index contributed by atoms with van der Waals surface area (Å²) in [6.07, 6.45) is 0.156. The summed E-state index contributed by atoms with van der Waals surface area (Å²) in [7, 11) is 0. The van der Waals surface area contributed by atoms with E-state index < -0.39 is 0 Å². The molecule has 0 fully saturated rings. The highest BCUT2D eigenvalue weighted by Gasteiger charge is 2.10. The summed E-state index contributed by atoms with van der Waals surface area (Å²) in [6.45, 7) is 1.46. The molecule has 1 amide bonds. The predicted molar refractivity (Wildman–Crippen MR) is 85.2 cm³/mol. The molecule has 0 atom stereocenters. The van der Waals surface area contributed by atoms with Gasteiger partial charge in [-0.3, -0.25) is 9.59 Å². The van der Waals surface area contributed by atoms with Crippen LogP contribution in [0.15, 0.2) is 42.5 Å². The van der Waals surface area contributed by atoms with Crippen molar-refractivity contribution in [3.63, 3.8) is 0 Å². The third-order valence-corrected chi connectivity index (χ3v) is 3.67. The highest BCUT2D eigenvalue weighted by atomic mass is 35.5. The molecular formula is C16H13Cl2NO2. The van der Waals surface area contributed by atoms with Crippen LogP contribution in [0.5, 0.6) is 0 Å². The zero-order chi connectivity index (χ0) is 15.4. The van der Waals surface area contributed by atoms with Crippen molar-refractivity contribution < 1.29 is 9.59 Å². The first kappa shape index (κ1) is 15.5. The first-order valence-electron chi connectivity index (χ1n) is 6.31. The van der Waals surface area contributed by atoms with E-state index >= 15 is 0 Å². The van der Waals surface area contributed by atoms with Crippen LogP contribution in [0, 0.1) is 0 Å². The van der Waals surface area contributed by atoms with Crippen LogP contribution >= 0.6 is 23.2 Å². The van der Waals surface area contributed by atoms with E-state index in [1.165, 1.54) is 6.92 Å². The number of carbonyl (C=O) groups is 2. The monoisotopic (exact) mass is 321 g/mol. The number of anilines is 1. The van der Waals surface area contributed by atoms with Crippen molar-refractivity contribution in [2.45, 2.75) is 13.3 Å². The number of rotatable bonds is 4. The molecule has 0 saturated heterocycles. The summed E-state index contributed by atoms with van der Waals surface area (Å²) < 4.78 is 0. The number of hydrogen-bond donors (Lipinski definition) is 1. The molecule has 0 bridgehead atoms. The Balaban J connectivity index is 2.12. The number of Topliss-reactive ketones (excluding diaryl/α,β-unsaturated/α-hetero) is 1. The molecule has 1 N–H and O–H groups in total. The number of ketones is 1. The topological polar surface area (TPSA) is 46.2 Å². The van der Waals surface area contributed by atoms with Crippen LogP contribution in [-0.4, -0.2) is 11.7 Å². The van der Waals surface area contributed by atoms with Crippen LogP contribution in [0.4, 0.5) is 5.69 Å². The van der Waals surface area contributed by atoms with Gasteiger partial charge in [0.05, 0.1) is 22.2 Å². The highest BCUT2D eigenvalue weighted by molar-refractivity contribution is 6.42. The lowest BCUT2D eigenvalue weighted by molar-refractivity contribution is -0.115. The molecule has 0 aliphatic carbocycles. The summed E-state index contributed by atoms with van der Waals surface area (Å²) in [4.78, 5) is 23.6. The summed E-state index contributed by atoms with van der Waals surface area (Å²) in [5.41, 5.74) is 1.75. The average molecular weight is 322 g/mol. The summed E-state index contributed by atoms with van der Waals surface area (Å²) in [6, 6.07) is 11.9. The molecule has 0 aliphatic heterocycles. The van der Waals surface area contributed by atoms with Crippen molar-refractivity contribution in [2.75, 3.05) is 5.32 Å². The second-order valence-electron chi connectivity index (χ2n) is 4.58. The number of hydrogen-bond acceptors (Lipinski definition) is 2. The van der Waals surface area contributed by atoms with Gasteiger partial charge in [-0.2, -0.15) is 0 Å². The number of nitrogens with one attached hydrogen (secondary N) is 1. The number of halogens is 2. The van der Waals surface area contributed by atoms with E-state index in [-0.39, 0.29) is 18.1 Å². The molecule has 108 valence electrons. The molecular weight excluding hydrogens is 309 g/mol. The molecule has 2 aromatic carbocycles. The van der Waals surface area contributed by atoms with E-state index in [0.29, 0.717) is 21.3 Å². The molecule has 0 aliphatic rings. The minimum absolute atomic E-state index is 0.0968. The second kappa shape index (κ2) is 6.74. The Morgan fingerprint density at radius 2 is 1.76 bits per heavy atom. The number of para-hydroxylation sites is 1. The lowest BCUT2D eigenvalue weighted by Crippen LogP contribution is -2.16. The molecule has 2 rings (SSSR count). The van der Waals surface area contributed by atoms with Gasteiger partial charge in [0.15, 0.2) is 5.78 Å². The van der Waals surface area contributed by atoms with Gasteiger partial charge in [-0.1, -0.05) is 41.4 Å². The molecule has 0 radical (unpaired) electrons. The fourth-order valence-corrected chi connectivity index (χ4v) is 2.25. The van der Waals surface area contributed by atoms with Crippen molar-refractivity contribution in [3.05, 3.63) is 63.6 Å². The SMILES string of the molecule is CC(=O)c1ccccc1NC(=O)Cc1ccc(Cl)c(Cl)c1. The van der Waals surface area contributed by atoms with Gasteiger partial charge >= 0.3 is 0 Å². The Morgan fingerprint density at radius 1 is 1.05 bits per heavy atom. The van der Waals surface area contributed by atoms with E-state index in [0.717, 1.165) is 5.56 Å². The van der Waals surface area contributed by atoms with Gasteiger partial charge in [0.25, 0.3) is 0 Å². The Kier molecular flexibility index (Phi) is 4.99. The van der Waals surface area contributed by atoms with Gasteiger partial charge in [-0.25, -0.2) is 0 Å². The van der Waals surface area contributed by atoms with Crippen LogP contribution in [0.3, 0.4) is 0 Å². The van der Waals surface area contributed by atoms with Gasteiger partial charge < -0.3 is 5.32 Å². The molecule has 3 nitrogen and oxygen atoms in total. The van der Waals surface area contributed by atoms with Crippen molar-refractivity contribution in [3.8, 4) is 0 Å². The maximum absolute atomic E-state index is 12.1. The standard InChI is InChI=1S/C16H13Cl2NO2/c1-10(20)12-4-2-3-5-15(12)19-16(21)9-11-6-7-13(17)14(18)8-11/h2-8H,9H2,1H3,(H,19,21). The Morgan fingerprint density at radius 3 is 2.43 bits per heavy atom. The predicted octanol–water partition coefficient (Wildman–Crippen LogP) is 4.38. The summed E-state index contributed by atoms with van der Waals surface area (Å²) >= 11 is 11.7. The molecule has 0 saturated carbocycles. The molecule has 5 heteroatoms. The first-order chi connectivity index (χ1) is 9.97. The molecule has 0 unspecified atom stereocenters. The van der Waals surface area contributed by atoms with Gasteiger partial charge in [-0.15, -0.1) is 0 Å². The third kappa shape index (κ3) is 4.06. The van der Waals surface area contributed by atoms with Crippen LogP contribution in [0.25, 0.3) is 0 Å². The lowest BCUT2D eigenvalue weighted by atomic mass is 10.1. The fourth-order valence-electron chi connectivity index (χ4n) is 1.93. The van der Waals surface area contributed by atoms with E-state index in [1.807, 2.05) is 0 Å². The third-order valence-electron chi connectivity index (χ3n) is 2.93. The molecule has 0 heterocycles. The number of carbonyl (C=O) groups excluding carboxylic acids is 2. The highest BCUT2D eigenvalue weighted by Crippen LogP contribution is 2.23. The van der Waals surface area contributed by atoms with E-state index in [4.69, 9.17) is 23.2 Å². The maximum Gasteiger partial charge on any atom is 0.228 e. The lowest BCUT2D eigenvalue weighted by Gasteiger charge is -2.09. The van der Waals surface area contributed by atoms with Crippen LogP contribution in [0.2, 0.25) is 10.0 Å². The Labute approximate surface area is 132 Å². The van der Waals surface area contributed by atoms with Gasteiger partial charge in [0.2, 0.25) is 5.91 Å². The average Bonchev–Trinajstić information content (AvgIpc) is 2.43. The maximum atomic E-state index is 12.1. The largest absolute Gasteiger partial charge is 0.325 e. The summed E-state index contributed by atoms with van der Waals surface area (Å²) in [5, 5.41) is 3.59. The quantitative estimate of drug-likeness (QED) is 0.849. The van der Waals surface area contributed by atoms with Crippen molar-refractivity contribution in [2.24, 2.45) is 0 Å². The molecule has 0 aromatic heterocycles. The van der Waals surface area contributed by atoms with Crippen molar-refractivity contribution >= 4 is 40.6 Å². The normalized spacial score (nSPS) is 10.2. The first-order valence-corrected chi connectivity index (χ1v) is 7.06. The van der Waals surface area contributed by atoms with Gasteiger partial charge in [0, 0.05) is 5.56 Å². The Bertz CT molecular complexity index is 698. The minimum Gasteiger partial charge on any atom is -0.325 e. The van der Waals surface area contributed by atoms with Crippen LogP contribution in [-0.2, 0) is 11.2 Å². The second-order valence-corrected chi connectivity index (χ2v) is 5.39. The van der Waals surface area contributed by atoms with Gasteiger partial charge in [0.1, 0.15) is 0 Å². The molecule has 21 heavy (non-hydrogen) atoms. The zero-order valence-corrected chi connectivity index (χ0v) is 12.8. The van der Waals surface area contributed by atoms with E-state index in [2.05, 4.69) is 5.32 Å². The van der Waals surface area contributed by atoms with E-state index in [9.17, 15) is 9.59 Å². The fraction of sp³-hybridized carbons (Fsp3) is 0.125. The van der Waals surface area contributed by atoms with Crippen LogP contribution < -0.4 is 5.32 Å². The minimum atomic E-state index is -0.220. The summed E-state index contributed by atoms with van der Waals surface area (Å²) in [5.74, 6) is -0.317. The zero-order valence-electron chi connectivity index (χ0n) is 11.3. The molecule has 2 aromatic rings. The smallest absolute Gasteiger partial charge is 0.228 e. The van der Waals surface area contributed by atoms with Crippen molar-refractivity contribution in [1.29, 1.82) is 0 Å². The number of amides is 1. The van der Waals surface area contributed by atoms with Crippen LogP contribution in [0.1, 0.15) is 22.8 Å². The van der Waals surface area contributed by atoms with Gasteiger partial charge in [-0.05, 0) is 36.8 Å². The van der Waals surface area contributed by atoms with E-state index in [1.54, 1.807) is 42.5 Å². The number of benzene rings is 2. The van der Waals surface area contributed by atoms with Crippen molar-refractivity contribution in [1.82, 2.24) is 0 Å².